The SMILES string of the molecule is O=C1NCCC/C1=C/CO. The molecule has 10 heavy (non-hydrogen) atoms. The van der Waals surface area contributed by atoms with Crippen molar-refractivity contribution in [2.75, 3.05) is 13.2 Å². The van der Waals surface area contributed by atoms with E-state index in [1.54, 1.807) is 6.08 Å². The van der Waals surface area contributed by atoms with Crippen LogP contribution in [0.3, 0.4) is 0 Å². The van der Waals surface area contributed by atoms with E-state index in [4.69, 9.17) is 5.11 Å². The van der Waals surface area contributed by atoms with Crippen LogP contribution in [0.2, 0.25) is 0 Å². The maximum absolute atomic E-state index is 10.9. The molecule has 1 aliphatic rings. The number of piperidine rings is 1. The van der Waals surface area contributed by atoms with Crippen molar-refractivity contribution in [3.8, 4) is 0 Å². The first-order chi connectivity index (χ1) is 4.84. The van der Waals surface area contributed by atoms with Gasteiger partial charge in [0.1, 0.15) is 0 Å². The van der Waals surface area contributed by atoms with E-state index >= 15 is 0 Å². The Labute approximate surface area is 59.7 Å². The zero-order valence-electron chi connectivity index (χ0n) is 5.76. The van der Waals surface area contributed by atoms with Crippen LogP contribution in [0.5, 0.6) is 0 Å². The minimum Gasteiger partial charge on any atom is -0.392 e. The van der Waals surface area contributed by atoms with E-state index in [-0.39, 0.29) is 12.5 Å². The highest BCUT2D eigenvalue weighted by Crippen LogP contribution is 2.08. The molecule has 1 heterocycles. The lowest BCUT2D eigenvalue weighted by Gasteiger charge is -2.13. The van der Waals surface area contributed by atoms with E-state index in [0.29, 0.717) is 5.57 Å². The van der Waals surface area contributed by atoms with Crippen LogP contribution in [0, 0.1) is 0 Å². The number of carbonyl (C=O) groups is 1. The summed E-state index contributed by atoms with van der Waals surface area (Å²) in [7, 11) is 0. The van der Waals surface area contributed by atoms with Crippen LogP contribution in [0.1, 0.15) is 12.8 Å². The van der Waals surface area contributed by atoms with Gasteiger partial charge in [-0.05, 0) is 12.8 Å². The summed E-state index contributed by atoms with van der Waals surface area (Å²) >= 11 is 0. The van der Waals surface area contributed by atoms with Crippen molar-refractivity contribution in [1.29, 1.82) is 0 Å². The Balaban J connectivity index is 2.56. The van der Waals surface area contributed by atoms with Crippen LogP contribution in [0.4, 0.5) is 0 Å². The Morgan fingerprint density at radius 1 is 1.70 bits per heavy atom. The summed E-state index contributed by atoms with van der Waals surface area (Å²) in [6.45, 7) is 0.727. The van der Waals surface area contributed by atoms with E-state index in [1.165, 1.54) is 0 Å². The molecule has 1 saturated heterocycles. The molecule has 0 aliphatic carbocycles. The molecule has 0 atom stereocenters. The van der Waals surface area contributed by atoms with Crippen LogP contribution in [0.25, 0.3) is 0 Å². The van der Waals surface area contributed by atoms with Gasteiger partial charge in [0.05, 0.1) is 6.61 Å². The molecular weight excluding hydrogens is 130 g/mol. The molecule has 0 aromatic rings. The van der Waals surface area contributed by atoms with Crippen molar-refractivity contribution < 1.29 is 9.90 Å². The molecule has 0 spiro atoms. The minimum absolute atomic E-state index is 0.0275. The van der Waals surface area contributed by atoms with Crippen LogP contribution in [-0.4, -0.2) is 24.2 Å². The van der Waals surface area contributed by atoms with Gasteiger partial charge in [-0.1, -0.05) is 6.08 Å². The molecular formula is C7H11NO2. The van der Waals surface area contributed by atoms with Crippen LogP contribution in [-0.2, 0) is 4.79 Å². The first-order valence-corrected chi connectivity index (χ1v) is 3.42. The van der Waals surface area contributed by atoms with Gasteiger partial charge in [-0.15, -0.1) is 0 Å². The summed E-state index contributed by atoms with van der Waals surface area (Å²) in [5.41, 5.74) is 0.716. The molecule has 2 N–H and O–H groups in total. The molecule has 1 fully saturated rings. The topological polar surface area (TPSA) is 49.3 Å². The first-order valence-electron chi connectivity index (χ1n) is 3.42. The highest BCUT2D eigenvalue weighted by molar-refractivity contribution is 5.93. The molecule has 3 heteroatoms. The quantitative estimate of drug-likeness (QED) is 0.497. The maximum atomic E-state index is 10.9. The largest absolute Gasteiger partial charge is 0.392 e. The second-order valence-corrected chi connectivity index (χ2v) is 2.27. The number of aliphatic hydroxyl groups excluding tert-OH is 1. The fourth-order valence-corrected chi connectivity index (χ4v) is 1.01. The maximum Gasteiger partial charge on any atom is 0.246 e. The van der Waals surface area contributed by atoms with Gasteiger partial charge in [-0.25, -0.2) is 0 Å². The molecule has 0 aromatic carbocycles. The van der Waals surface area contributed by atoms with Gasteiger partial charge >= 0.3 is 0 Å². The molecule has 1 aliphatic heterocycles. The summed E-state index contributed by atoms with van der Waals surface area (Å²) in [6.07, 6.45) is 3.35. The van der Waals surface area contributed by atoms with Crippen molar-refractivity contribution in [2.45, 2.75) is 12.8 Å². The zero-order valence-corrected chi connectivity index (χ0v) is 5.76. The number of amides is 1. The van der Waals surface area contributed by atoms with Gasteiger partial charge in [-0.2, -0.15) is 0 Å². The van der Waals surface area contributed by atoms with E-state index in [1.807, 2.05) is 0 Å². The lowest BCUT2D eigenvalue weighted by atomic mass is 10.1. The predicted molar refractivity (Wildman–Crippen MR) is 37.4 cm³/mol. The Hall–Kier alpha value is -0.830. The number of nitrogens with one attached hydrogen (secondary N) is 1. The normalized spacial score (nSPS) is 22.9. The van der Waals surface area contributed by atoms with Crippen molar-refractivity contribution in [3.05, 3.63) is 11.6 Å². The van der Waals surface area contributed by atoms with E-state index in [0.717, 1.165) is 19.4 Å². The van der Waals surface area contributed by atoms with Gasteiger partial charge in [0.15, 0.2) is 0 Å². The van der Waals surface area contributed by atoms with E-state index < -0.39 is 0 Å². The highest BCUT2D eigenvalue weighted by atomic mass is 16.2. The molecule has 0 saturated carbocycles. The lowest BCUT2D eigenvalue weighted by molar-refractivity contribution is -0.118. The van der Waals surface area contributed by atoms with Crippen molar-refractivity contribution in [1.82, 2.24) is 5.32 Å². The molecule has 1 amide bonds. The third kappa shape index (κ3) is 1.57. The second-order valence-electron chi connectivity index (χ2n) is 2.27. The summed E-state index contributed by atoms with van der Waals surface area (Å²) in [4.78, 5) is 10.9. The first kappa shape index (κ1) is 7.28. The number of carbonyl (C=O) groups excluding carboxylic acids is 1. The summed E-state index contributed by atoms with van der Waals surface area (Å²) in [6, 6.07) is 0. The van der Waals surface area contributed by atoms with Gasteiger partial charge in [0, 0.05) is 12.1 Å². The zero-order chi connectivity index (χ0) is 7.40. The van der Waals surface area contributed by atoms with E-state index in [2.05, 4.69) is 5.32 Å². The number of hydrogen-bond acceptors (Lipinski definition) is 2. The van der Waals surface area contributed by atoms with E-state index in [9.17, 15) is 4.79 Å². The predicted octanol–water partition coefficient (Wildman–Crippen LogP) is -0.185. The Kier molecular flexibility index (Phi) is 2.45. The van der Waals surface area contributed by atoms with Crippen LogP contribution in [0.15, 0.2) is 11.6 Å². The molecule has 0 unspecified atom stereocenters. The second kappa shape index (κ2) is 3.37. The average molecular weight is 141 g/mol. The monoisotopic (exact) mass is 141 g/mol. The molecule has 3 nitrogen and oxygen atoms in total. The van der Waals surface area contributed by atoms with Gasteiger partial charge in [0.2, 0.25) is 5.91 Å². The molecule has 1 rings (SSSR count). The Morgan fingerprint density at radius 3 is 3.10 bits per heavy atom. The number of rotatable bonds is 1. The Morgan fingerprint density at radius 2 is 2.50 bits per heavy atom. The highest BCUT2D eigenvalue weighted by Gasteiger charge is 2.12. The molecule has 0 aromatic heterocycles. The Bertz CT molecular complexity index is 163. The standard InChI is InChI=1S/C7H11NO2/c9-5-3-6-2-1-4-8-7(6)10/h3,9H,1-2,4-5H2,(H,8,10)/b6-3-. The van der Waals surface area contributed by atoms with Crippen LogP contribution < -0.4 is 5.32 Å². The van der Waals surface area contributed by atoms with Crippen molar-refractivity contribution in [3.63, 3.8) is 0 Å². The average Bonchev–Trinajstić information content (AvgIpc) is 1.94. The summed E-state index contributed by atoms with van der Waals surface area (Å²) < 4.78 is 0. The molecule has 0 bridgehead atoms. The van der Waals surface area contributed by atoms with Gasteiger partial charge in [0.25, 0.3) is 0 Å². The third-order valence-corrected chi connectivity index (χ3v) is 1.54. The van der Waals surface area contributed by atoms with Crippen LogP contribution >= 0.6 is 0 Å². The minimum atomic E-state index is -0.0389. The molecule has 0 radical (unpaired) electrons. The third-order valence-electron chi connectivity index (χ3n) is 1.54. The fourth-order valence-electron chi connectivity index (χ4n) is 1.01. The molecule has 56 valence electrons. The summed E-state index contributed by atoms with van der Waals surface area (Å²) in [5.74, 6) is -0.0275. The number of hydrogen-bond donors (Lipinski definition) is 2. The number of aliphatic hydroxyl groups is 1. The summed E-state index contributed by atoms with van der Waals surface area (Å²) in [5, 5.41) is 11.2. The van der Waals surface area contributed by atoms with Crippen molar-refractivity contribution in [2.24, 2.45) is 0 Å². The van der Waals surface area contributed by atoms with Gasteiger partial charge in [-0.3, -0.25) is 4.79 Å². The van der Waals surface area contributed by atoms with Crippen molar-refractivity contribution >= 4 is 5.91 Å². The smallest absolute Gasteiger partial charge is 0.246 e. The lowest BCUT2D eigenvalue weighted by Crippen LogP contribution is -2.30. The fraction of sp³-hybridized carbons (Fsp3) is 0.571. The van der Waals surface area contributed by atoms with Gasteiger partial charge < -0.3 is 10.4 Å².